The van der Waals surface area contributed by atoms with E-state index in [9.17, 15) is 26.0 Å². The topological polar surface area (TPSA) is 105 Å². The molecule has 0 fully saturated rings. The van der Waals surface area contributed by atoms with Crippen LogP contribution in [0.3, 0.4) is 0 Å². The maximum absolute atomic E-state index is 13.6. The van der Waals surface area contributed by atoms with Gasteiger partial charge in [-0.1, -0.05) is 0 Å². The van der Waals surface area contributed by atoms with Crippen molar-refractivity contribution in [3.05, 3.63) is 29.1 Å². The molecule has 0 radical (unpaired) electrons. The molecule has 0 aliphatic heterocycles. The molecule has 22 heavy (non-hydrogen) atoms. The molecule has 122 valence electrons. The number of ether oxygens (including phenoxy) is 1. The quantitative estimate of drug-likeness (QED) is 0.593. The van der Waals surface area contributed by atoms with Crippen LogP contribution in [-0.4, -0.2) is 27.1 Å². The average molecular weight is 341 g/mol. The number of rotatable bonds is 6. The fraction of sp³-hybridized carbons (Fsp3) is 0.364. The van der Waals surface area contributed by atoms with Crippen LogP contribution in [0.5, 0.6) is 5.75 Å². The molecule has 3 N–H and O–H groups in total. The van der Waals surface area contributed by atoms with Crippen molar-refractivity contribution >= 4 is 10.0 Å². The third kappa shape index (κ3) is 4.30. The van der Waals surface area contributed by atoms with Crippen molar-refractivity contribution in [1.82, 2.24) is 4.72 Å². The van der Waals surface area contributed by atoms with E-state index in [4.69, 9.17) is 15.7 Å². The molecular weight excluding hydrogens is 330 g/mol. The van der Waals surface area contributed by atoms with Gasteiger partial charge in [0.1, 0.15) is 6.61 Å². The van der Waals surface area contributed by atoms with Crippen LogP contribution >= 0.6 is 0 Å². The molecule has 0 aliphatic rings. The number of benzene rings is 1. The number of hydrogen-bond acceptors (Lipinski definition) is 5. The summed E-state index contributed by atoms with van der Waals surface area (Å²) in [6.07, 6.45) is 0. The van der Waals surface area contributed by atoms with Crippen LogP contribution in [0.4, 0.5) is 17.6 Å². The molecule has 0 bridgehead atoms. The Morgan fingerprint density at radius 1 is 1.36 bits per heavy atom. The van der Waals surface area contributed by atoms with E-state index in [1.54, 1.807) is 6.07 Å². The van der Waals surface area contributed by atoms with Gasteiger partial charge in [0.25, 0.3) is 0 Å². The molecule has 0 unspecified atom stereocenters. The Morgan fingerprint density at radius 3 is 2.50 bits per heavy atom. The summed E-state index contributed by atoms with van der Waals surface area (Å²) in [5.74, 6) is -1.25. The number of sulfonamides is 1. The predicted molar refractivity (Wildman–Crippen MR) is 67.5 cm³/mol. The van der Waals surface area contributed by atoms with Gasteiger partial charge in [-0.2, -0.15) is 18.4 Å². The molecule has 6 nitrogen and oxygen atoms in total. The molecule has 0 aliphatic carbocycles. The van der Waals surface area contributed by atoms with Crippen LogP contribution in [0.1, 0.15) is 11.1 Å². The van der Waals surface area contributed by atoms with Crippen LogP contribution in [0.2, 0.25) is 0 Å². The first-order valence-corrected chi connectivity index (χ1v) is 7.22. The zero-order valence-corrected chi connectivity index (χ0v) is 11.8. The Balaban J connectivity index is 2.69. The van der Waals surface area contributed by atoms with E-state index in [-0.39, 0.29) is 23.4 Å². The highest BCUT2D eigenvalue weighted by molar-refractivity contribution is 7.90. The summed E-state index contributed by atoms with van der Waals surface area (Å²) in [6.45, 7) is -1.32. The summed E-state index contributed by atoms with van der Waals surface area (Å²) in [5.41, 5.74) is 0.220. The van der Waals surface area contributed by atoms with Crippen LogP contribution in [0.25, 0.3) is 0 Å². The second kappa shape index (κ2) is 6.91. The summed E-state index contributed by atoms with van der Waals surface area (Å²) in [7, 11) is -5.47. The summed E-state index contributed by atoms with van der Waals surface area (Å²) in [6, 6.07) is 3.73. The summed E-state index contributed by atoms with van der Waals surface area (Å²) in [4.78, 5) is 0. The summed E-state index contributed by atoms with van der Waals surface area (Å²) >= 11 is 0. The molecule has 0 saturated carbocycles. The second-order valence-corrected chi connectivity index (χ2v) is 5.71. The van der Waals surface area contributed by atoms with Crippen LogP contribution in [0.15, 0.2) is 12.1 Å². The molecule has 0 heterocycles. The van der Waals surface area contributed by atoms with E-state index in [1.165, 1.54) is 4.72 Å². The van der Waals surface area contributed by atoms with Crippen molar-refractivity contribution in [3.63, 3.8) is 0 Å². The molecule has 1 aromatic carbocycles. The lowest BCUT2D eigenvalue weighted by molar-refractivity contribution is -0.0448. The van der Waals surface area contributed by atoms with Crippen LogP contribution < -0.4 is 15.2 Å². The normalized spacial score (nSPS) is 12.0. The monoisotopic (exact) mass is 341 g/mol. The van der Waals surface area contributed by atoms with Crippen molar-refractivity contribution in [2.45, 2.75) is 12.1 Å². The lowest BCUT2D eigenvalue weighted by Crippen LogP contribution is -2.38. The van der Waals surface area contributed by atoms with Crippen LogP contribution in [0, 0.1) is 17.1 Å². The van der Waals surface area contributed by atoms with Crippen molar-refractivity contribution in [2.24, 2.45) is 5.73 Å². The molecule has 0 spiro atoms. The Hall–Kier alpha value is -1.90. The first-order chi connectivity index (χ1) is 10.1. The van der Waals surface area contributed by atoms with Gasteiger partial charge in [-0.3, -0.25) is 0 Å². The second-order valence-electron chi connectivity index (χ2n) is 3.95. The SMILES string of the molecule is N#Cc1cc(F)c(OCCNS(=O)(=O)C(F)(F)F)cc1CN. The third-order valence-corrected chi connectivity index (χ3v) is 3.65. The van der Waals surface area contributed by atoms with E-state index in [0.717, 1.165) is 12.1 Å². The van der Waals surface area contributed by atoms with Gasteiger partial charge < -0.3 is 10.5 Å². The van der Waals surface area contributed by atoms with E-state index in [0.29, 0.717) is 0 Å². The fourth-order valence-electron chi connectivity index (χ4n) is 1.40. The minimum absolute atomic E-state index is 0.00474. The van der Waals surface area contributed by atoms with Crippen molar-refractivity contribution in [1.29, 1.82) is 5.26 Å². The zero-order chi connectivity index (χ0) is 17.0. The van der Waals surface area contributed by atoms with Gasteiger partial charge >= 0.3 is 15.5 Å². The standard InChI is InChI=1S/C11H11F4N3O3S/c12-9-3-7(5-16)8(6-17)4-10(9)21-2-1-18-22(19,20)11(13,14)15/h3-4,18H,1-2,6,17H2. The number of alkyl halides is 3. The number of nitriles is 1. The maximum Gasteiger partial charge on any atom is 0.511 e. The van der Waals surface area contributed by atoms with Gasteiger partial charge in [-0.15, -0.1) is 0 Å². The Bertz CT molecular complexity index is 683. The molecular formula is C11H11F4N3O3S. The van der Waals surface area contributed by atoms with Crippen molar-refractivity contribution in [2.75, 3.05) is 13.2 Å². The van der Waals surface area contributed by atoms with E-state index in [2.05, 4.69) is 0 Å². The number of hydrogen-bond donors (Lipinski definition) is 2. The highest BCUT2D eigenvalue weighted by atomic mass is 32.2. The number of nitrogens with one attached hydrogen (secondary N) is 1. The number of nitrogens with two attached hydrogens (primary N) is 1. The summed E-state index contributed by atoms with van der Waals surface area (Å²) < 4.78 is 77.2. The first-order valence-electron chi connectivity index (χ1n) is 5.73. The number of nitrogens with zero attached hydrogens (tertiary/aromatic N) is 1. The Kier molecular flexibility index (Phi) is 5.70. The molecule has 0 amide bonds. The molecule has 0 atom stereocenters. The highest BCUT2D eigenvalue weighted by Crippen LogP contribution is 2.23. The predicted octanol–water partition coefficient (Wildman–Crippen LogP) is 0.974. The fourth-order valence-corrected chi connectivity index (χ4v) is 1.91. The zero-order valence-electron chi connectivity index (χ0n) is 10.9. The van der Waals surface area contributed by atoms with Crippen molar-refractivity contribution in [3.8, 4) is 11.8 Å². The summed E-state index contributed by atoms with van der Waals surface area (Å²) in [5, 5.41) is 8.75. The largest absolute Gasteiger partial charge is 0.511 e. The van der Waals surface area contributed by atoms with Crippen molar-refractivity contribution < 1.29 is 30.7 Å². The minimum Gasteiger partial charge on any atom is -0.489 e. The van der Waals surface area contributed by atoms with E-state index < -0.39 is 34.5 Å². The average Bonchev–Trinajstić information content (AvgIpc) is 2.43. The van der Waals surface area contributed by atoms with E-state index >= 15 is 0 Å². The molecule has 1 rings (SSSR count). The smallest absolute Gasteiger partial charge is 0.489 e. The Morgan fingerprint density at radius 2 is 2.00 bits per heavy atom. The lowest BCUT2D eigenvalue weighted by Gasteiger charge is -2.12. The highest BCUT2D eigenvalue weighted by Gasteiger charge is 2.45. The molecule has 11 heteroatoms. The van der Waals surface area contributed by atoms with Crippen LogP contribution in [-0.2, 0) is 16.6 Å². The molecule has 1 aromatic rings. The maximum atomic E-state index is 13.6. The van der Waals surface area contributed by atoms with E-state index in [1.807, 2.05) is 0 Å². The Labute approximate surface area is 123 Å². The minimum atomic E-state index is -5.47. The number of halogens is 4. The molecule has 0 saturated heterocycles. The van der Waals surface area contributed by atoms with Gasteiger partial charge in [-0.05, 0) is 17.7 Å². The molecule has 0 aromatic heterocycles. The first kappa shape index (κ1) is 18.1. The lowest BCUT2D eigenvalue weighted by atomic mass is 10.1. The van der Waals surface area contributed by atoms with Gasteiger partial charge in [0, 0.05) is 13.1 Å². The van der Waals surface area contributed by atoms with Gasteiger partial charge in [0.2, 0.25) is 0 Å². The van der Waals surface area contributed by atoms with Gasteiger partial charge in [0.15, 0.2) is 11.6 Å². The third-order valence-electron chi connectivity index (χ3n) is 2.45. The van der Waals surface area contributed by atoms with Gasteiger partial charge in [-0.25, -0.2) is 17.5 Å². The van der Waals surface area contributed by atoms with Gasteiger partial charge in [0.05, 0.1) is 11.6 Å².